The van der Waals surface area contributed by atoms with Crippen molar-refractivity contribution in [3.63, 3.8) is 0 Å². The molecule has 4 aromatic carbocycles. The molecule has 0 aliphatic heterocycles. The molecule has 4 aromatic rings. The third-order valence-electron chi connectivity index (χ3n) is 8.35. The fraction of sp³-hybridized carbons (Fsp3) is 0.359. The van der Waals surface area contributed by atoms with Gasteiger partial charge < -0.3 is 19.7 Å². The lowest BCUT2D eigenvalue weighted by Gasteiger charge is -2.24. The fourth-order valence-corrected chi connectivity index (χ4v) is 5.58. The van der Waals surface area contributed by atoms with Gasteiger partial charge in [0.25, 0.3) is 0 Å². The molecule has 5 heteroatoms. The van der Waals surface area contributed by atoms with Crippen LogP contribution in [0.5, 0.6) is 0 Å². The van der Waals surface area contributed by atoms with Crippen molar-refractivity contribution in [1.82, 2.24) is 0 Å². The van der Waals surface area contributed by atoms with Gasteiger partial charge in [0.05, 0.1) is 25.4 Å². The Kier molecular flexibility index (Phi) is 13.3. The maximum absolute atomic E-state index is 14.0. The van der Waals surface area contributed by atoms with Gasteiger partial charge >= 0.3 is 0 Å². The number of ketones is 1. The largest absolute Gasteiger partial charge is 0.393 e. The highest BCUT2D eigenvalue weighted by Crippen LogP contribution is 2.31. The molecule has 0 heterocycles. The van der Waals surface area contributed by atoms with Gasteiger partial charge in [0.15, 0.2) is 5.78 Å². The lowest BCUT2D eigenvalue weighted by Crippen LogP contribution is -2.21. The van der Waals surface area contributed by atoms with E-state index in [4.69, 9.17) is 9.47 Å². The molecular formula is C39H46O5. The van der Waals surface area contributed by atoms with E-state index in [1.807, 2.05) is 123 Å². The monoisotopic (exact) mass is 594 g/mol. The second kappa shape index (κ2) is 17.6. The molecule has 0 radical (unpaired) electrons. The fourth-order valence-electron chi connectivity index (χ4n) is 5.58. The van der Waals surface area contributed by atoms with E-state index >= 15 is 0 Å². The maximum atomic E-state index is 14.0. The van der Waals surface area contributed by atoms with Gasteiger partial charge in [-0.2, -0.15) is 0 Å². The summed E-state index contributed by atoms with van der Waals surface area (Å²) in [6.07, 6.45) is 1.39. The van der Waals surface area contributed by atoms with Crippen LogP contribution in [-0.2, 0) is 22.7 Å². The molecule has 232 valence electrons. The minimum absolute atomic E-state index is 0.0910. The maximum Gasteiger partial charge on any atom is 0.193 e. The molecule has 44 heavy (non-hydrogen) atoms. The van der Waals surface area contributed by atoms with Crippen LogP contribution in [0.4, 0.5) is 0 Å². The number of carbonyl (C=O) groups is 1. The summed E-state index contributed by atoms with van der Waals surface area (Å²) in [6, 6.07) is 35.2. The first-order chi connectivity index (χ1) is 21.5. The first kappa shape index (κ1) is 33.3. The number of hydrogen-bond acceptors (Lipinski definition) is 5. The molecular weight excluding hydrogens is 548 g/mol. The second-order valence-electron chi connectivity index (χ2n) is 11.6. The van der Waals surface area contributed by atoms with Crippen molar-refractivity contribution in [3.8, 4) is 0 Å². The Hall–Kier alpha value is -3.61. The Morgan fingerprint density at radius 2 is 0.932 bits per heavy atom. The number of aliphatic hydroxyl groups is 2. The van der Waals surface area contributed by atoms with Crippen LogP contribution < -0.4 is 0 Å². The summed E-state index contributed by atoms with van der Waals surface area (Å²) in [4.78, 5) is 14.0. The van der Waals surface area contributed by atoms with Gasteiger partial charge in [-0.15, -0.1) is 0 Å². The van der Waals surface area contributed by atoms with E-state index in [1.165, 1.54) is 0 Å². The summed E-state index contributed by atoms with van der Waals surface area (Å²) in [7, 11) is 0. The molecule has 0 bridgehead atoms. The van der Waals surface area contributed by atoms with Crippen molar-refractivity contribution >= 4 is 5.78 Å². The highest BCUT2D eigenvalue weighted by molar-refractivity contribution is 6.11. The van der Waals surface area contributed by atoms with E-state index in [-0.39, 0.29) is 17.6 Å². The number of rotatable bonds is 18. The quantitative estimate of drug-likeness (QED) is 0.0907. The zero-order chi connectivity index (χ0) is 31.1. The van der Waals surface area contributed by atoms with E-state index in [9.17, 15) is 15.0 Å². The number of carbonyl (C=O) groups excluding carboxylic acids is 1. The summed E-state index contributed by atoms with van der Waals surface area (Å²) in [5.41, 5.74) is 5.08. The van der Waals surface area contributed by atoms with Crippen LogP contribution in [0.3, 0.4) is 0 Å². The van der Waals surface area contributed by atoms with Crippen molar-refractivity contribution in [2.75, 3.05) is 13.2 Å². The molecule has 0 saturated carbocycles. The number of aliphatic hydroxyl groups excluding tert-OH is 2. The third kappa shape index (κ3) is 9.70. The summed E-state index contributed by atoms with van der Waals surface area (Å²) < 4.78 is 11.6. The molecule has 2 N–H and O–H groups in total. The minimum Gasteiger partial charge on any atom is -0.393 e. The first-order valence-corrected chi connectivity index (χ1v) is 15.8. The van der Waals surface area contributed by atoms with Crippen LogP contribution >= 0.6 is 0 Å². The average Bonchev–Trinajstić information content (AvgIpc) is 3.07. The van der Waals surface area contributed by atoms with Crippen LogP contribution in [0.25, 0.3) is 0 Å². The summed E-state index contributed by atoms with van der Waals surface area (Å²) >= 11 is 0. The Labute approximate surface area is 262 Å². The van der Waals surface area contributed by atoms with Crippen molar-refractivity contribution in [2.45, 2.75) is 76.8 Å². The SMILES string of the molecule is CC(c1ccccc1C(=O)c1ccccc1C(C)C(O)CCCOCc1ccccc1)C(O)CCCOCc1ccccc1. The van der Waals surface area contributed by atoms with Gasteiger partial charge in [-0.25, -0.2) is 0 Å². The summed E-state index contributed by atoms with van der Waals surface area (Å²) in [5, 5.41) is 22.1. The molecule has 4 rings (SSSR count). The van der Waals surface area contributed by atoms with E-state index in [2.05, 4.69) is 0 Å². The lowest BCUT2D eigenvalue weighted by atomic mass is 9.83. The number of ether oxygens (including phenoxy) is 2. The normalized spacial score (nSPS) is 14.1. The van der Waals surface area contributed by atoms with Crippen molar-refractivity contribution in [3.05, 3.63) is 143 Å². The molecule has 0 spiro atoms. The van der Waals surface area contributed by atoms with Gasteiger partial charge in [-0.3, -0.25) is 4.79 Å². The molecule has 0 aliphatic carbocycles. The second-order valence-corrected chi connectivity index (χ2v) is 11.6. The standard InChI is InChI=1S/C39H46O5/c1-29(37(40)23-13-25-43-27-31-15-5-3-6-16-31)33-19-9-11-21-35(33)39(42)36-22-12-10-20-34(36)30(2)38(41)24-14-26-44-28-32-17-7-4-8-18-32/h3-12,15-22,29-30,37-38,40-41H,13-14,23-28H2,1-2H3. The molecule has 0 amide bonds. The molecule has 0 fully saturated rings. The molecule has 0 saturated heterocycles. The van der Waals surface area contributed by atoms with Gasteiger partial charge in [0.2, 0.25) is 0 Å². The molecule has 0 aliphatic rings. The molecule has 0 aromatic heterocycles. The lowest BCUT2D eigenvalue weighted by molar-refractivity contribution is 0.0889. The van der Waals surface area contributed by atoms with Crippen LogP contribution in [0, 0.1) is 0 Å². The smallest absolute Gasteiger partial charge is 0.193 e. The Morgan fingerprint density at radius 3 is 1.34 bits per heavy atom. The van der Waals surface area contributed by atoms with Crippen molar-refractivity contribution in [1.29, 1.82) is 0 Å². The van der Waals surface area contributed by atoms with Gasteiger partial charge in [-0.05, 0) is 47.9 Å². The van der Waals surface area contributed by atoms with Gasteiger partial charge in [0.1, 0.15) is 0 Å². The molecule has 5 nitrogen and oxygen atoms in total. The zero-order valence-corrected chi connectivity index (χ0v) is 26.0. The Morgan fingerprint density at radius 1 is 0.568 bits per heavy atom. The minimum atomic E-state index is -0.607. The van der Waals surface area contributed by atoms with Crippen LogP contribution in [0.15, 0.2) is 109 Å². The first-order valence-electron chi connectivity index (χ1n) is 15.8. The number of hydrogen-bond donors (Lipinski definition) is 2. The van der Waals surface area contributed by atoms with Gasteiger partial charge in [-0.1, -0.05) is 123 Å². The van der Waals surface area contributed by atoms with Crippen LogP contribution in [0.2, 0.25) is 0 Å². The predicted molar refractivity (Wildman–Crippen MR) is 176 cm³/mol. The molecule has 4 unspecified atom stereocenters. The average molecular weight is 595 g/mol. The Balaban J connectivity index is 1.33. The zero-order valence-electron chi connectivity index (χ0n) is 26.0. The van der Waals surface area contributed by atoms with Crippen LogP contribution in [-0.4, -0.2) is 41.4 Å². The van der Waals surface area contributed by atoms with Crippen LogP contribution in [0.1, 0.15) is 89.5 Å². The van der Waals surface area contributed by atoms with Crippen molar-refractivity contribution < 1.29 is 24.5 Å². The van der Waals surface area contributed by atoms with E-state index in [1.54, 1.807) is 0 Å². The van der Waals surface area contributed by atoms with Crippen molar-refractivity contribution in [2.24, 2.45) is 0 Å². The summed E-state index contributed by atoms with van der Waals surface area (Å²) in [5.74, 6) is -0.544. The predicted octanol–water partition coefficient (Wildman–Crippen LogP) is 7.84. The topological polar surface area (TPSA) is 76.0 Å². The molecule has 4 atom stereocenters. The van der Waals surface area contributed by atoms with E-state index in [0.717, 1.165) is 35.1 Å². The third-order valence-corrected chi connectivity index (χ3v) is 8.35. The summed E-state index contributed by atoms with van der Waals surface area (Å²) in [6.45, 7) is 6.17. The van der Waals surface area contributed by atoms with E-state index < -0.39 is 12.2 Å². The highest BCUT2D eigenvalue weighted by Gasteiger charge is 2.26. The van der Waals surface area contributed by atoms with E-state index in [0.29, 0.717) is 50.4 Å². The van der Waals surface area contributed by atoms with Gasteiger partial charge in [0, 0.05) is 36.2 Å². The number of benzene rings is 4. The Bertz CT molecular complexity index is 1300. The highest BCUT2D eigenvalue weighted by atomic mass is 16.5.